The van der Waals surface area contributed by atoms with Gasteiger partial charge in [-0.15, -0.1) is 0 Å². The predicted molar refractivity (Wildman–Crippen MR) is 67.9 cm³/mol. The van der Waals surface area contributed by atoms with Crippen LogP contribution >= 0.6 is 0 Å². The standard InChI is InChI=1S/C12H14N2O3S/c15-18(16)7-5-14(6-8-18)9-11-10-3-1-2-4-12(10)17-13-11/h1-4H,5-9H2. The van der Waals surface area contributed by atoms with Crippen LogP contribution in [0, 0.1) is 0 Å². The molecule has 1 aromatic carbocycles. The summed E-state index contributed by atoms with van der Waals surface area (Å²) in [6.45, 7) is 1.79. The lowest BCUT2D eigenvalue weighted by atomic mass is 10.2. The summed E-state index contributed by atoms with van der Waals surface area (Å²) in [5.41, 5.74) is 1.65. The molecule has 2 heterocycles. The number of aromatic nitrogens is 1. The molecule has 0 amide bonds. The highest BCUT2D eigenvalue weighted by Gasteiger charge is 2.22. The van der Waals surface area contributed by atoms with Crippen molar-refractivity contribution in [2.24, 2.45) is 0 Å². The van der Waals surface area contributed by atoms with Crippen molar-refractivity contribution in [2.45, 2.75) is 6.54 Å². The molecule has 5 nitrogen and oxygen atoms in total. The second-order valence-corrected chi connectivity index (χ2v) is 6.86. The highest BCUT2D eigenvalue weighted by Crippen LogP contribution is 2.19. The van der Waals surface area contributed by atoms with E-state index in [9.17, 15) is 8.42 Å². The van der Waals surface area contributed by atoms with Crippen molar-refractivity contribution >= 4 is 20.8 Å². The molecule has 1 saturated heterocycles. The minimum absolute atomic E-state index is 0.239. The fourth-order valence-corrected chi connectivity index (χ4v) is 3.45. The second-order valence-electron chi connectivity index (χ2n) is 4.55. The lowest BCUT2D eigenvalue weighted by Crippen LogP contribution is -2.39. The smallest absolute Gasteiger partial charge is 0.167 e. The number of benzene rings is 1. The van der Waals surface area contributed by atoms with Gasteiger partial charge in [-0.3, -0.25) is 4.90 Å². The number of hydrogen-bond acceptors (Lipinski definition) is 5. The number of sulfone groups is 1. The molecular formula is C12H14N2O3S. The van der Waals surface area contributed by atoms with Crippen molar-refractivity contribution in [3.8, 4) is 0 Å². The van der Waals surface area contributed by atoms with Crippen LogP contribution in [0.1, 0.15) is 5.69 Å². The first-order chi connectivity index (χ1) is 8.64. The van der Waals surface area contributed by atoms with Crippen LogP contribution in [0.15, 0.2) is 28.8 Å². The van der Waals surface area contributed by atoms with E-state index >= 15 is 0 Å². The Morgan fingerprint density at radius 3 is 2.72 bits per heavy atom. The summed E-state index contributed by atoms with van der Waals surface area (Å²) >= 11 is 0. The van der Waals surface area contributed by atoms with Gasteiger partial charge in [0.25, 0.3) is 0 Å². The number of rotatable bonds is 2. The summed E-state index contributed by atoms with van der Waals surface area (Å²) in [5, 5.41) is 5.07. The fraction of sp³-hybridized carbons (Fsp3) is 0.417. The summed E-state index contributed by atoms with van der Waals surface area (Å²) < 4.78 is 27.9. The molecule has 1 aliphatic rings. The second kappa shape index (κ2) is 4.37. The van der Waals surface area contributed by atoms with E-state index < -0.39 is 9.84 Å². The molecule has 0 atom stereocenters. The topological polar surface area (TPSA) is 63.4 Å². The van der Waals surface area contributed by atoms with Gasteiger partial charge >= 0.3 is 0 Å². The summed E-state index contributed by atoms with van der Waals surface area (Å²) in [5.74, 6) is 0.478. The third-order valence-corrected chi connectivity index (χ3v) is 4.87. The maximum atomic E-state index is 11.4. The monoisotopic (exact) mass is 266 g/mol. The molecule has 0 aliphatic carbocycles. The maximum Gasteiger partial charge on any atom is 0.167 e. The van der Waals surface area contributed by atoms with Gasteiger partial charge in [-0.1, -0.05) is 17.3 Å². The highest BCUT2D eigenvalue weighted by molar-refractivity contribution is 7.91. The molecule has 2 aromatic rings. The van der Waals surface area contributed by atoms with Crippen molar-refractivity contribution in [2.75, 3.05) is 24.6 Å². The molecule has 3 rings (SSSR count). The predicted octanol–water partition coefficient (Wildman–Crippen LogP) is 1.06. The number of fused-ring (bicyclic) bond motifs is 1. The molecule has 0 bridgehead atoms. The third kappa shape index (κ3) is 2.26. The van der Waals surface area contributed by atoms with Crippen molar-refractivity contribution in [1.82, 2.24) is 10.1 Å². The zero-order valence-electron chi connectivity index (χ0n) is 9.87. The van der Waals surface area contributed by atoms with Crippen LogP contribution in [-0.2, 0) is 16.4 Å². The Balaban J connectivity index is 1.77. The minimum atomic E-state index is -2.82. The molecule has 1 aromatic heterocycles. The van der Waals surface area contributed by atoms with Gasteiger partial charge in [0, 0.05) is 25.0 Å². The zero-order valence-corrected chi connectivity index (χ0v) is 10.7. The van der Waals surface area contributed by atoms with Gasteiger partial charge in [0.15, 0.2) is 15.4 Å². The fourth-order valence-electron chi connectivity index (χ4n) is 2.17. The summed E-state index contributed by atoms with van der Waals surface area (Å²) in [6, 6.07) is 7.71. The maximum absolute atomic E-state index is 11.4. The highest BCUT2D eigenvalue weighted by atomic mass is 32.2. The number of para-hydroxylation sites is 1. The van der Waals surface area contributed by atoms with Gasteiger partial charge in [-0.25, -0.2) is 8.42 Å². The number of nitrogens with zero attached hydrogens (tertiary/aromatic N) is 2. The number of hydrogen-bond donors (Lipinski definition) is 0. The molecule has 0 N–H and O–H groups in total. The minimum Gasteiger partial charge on any atom is -0.356 e. The third-order valence-electron chi connectivity index (χ3n) is 3.26. The molecule has 0 spiro atoms. The van der Waals surface area contributed by atoms with E-state index in [2.05, 4.69) is 10.1 Å². The van der Waals surface area contributed by atoms with Crippen LogP contribution in [0.2, 0.25) is 0 Å². The Bertz CT molecular complexity index is 649. The van der Waals surface area contributed by atoms with Crippen LogP contribution in [0.4, 0.5) is 0 Å². The van der Waals surface area contributed by atoms with Gasteiger partial charge in [-0.2, -0.15) is 0 Å². The van der Waals surface area contributed by atoms with Crippen molar-refractivity contribution in [1.29, 1.82) is 0 Å². The largest absolute Gasteiger partial charge is 0.356 e. The molecule has 0 unspecified atom stereocenters. The van der Waals surface area contributed by atoms with E-state index in [0.717, 1.165) is 16.7 Å². The van der Waals surface area contributed by atoms with Crippen LogP contribution in [0.5, 0.6) is 0 Å². The normalized spacial score (nSPS) is 20.2. The molecule has 6 heteroatoms. The van der Waals surface area contributed by atoms with Crippen molar-refractivity contribution in [3.63, 3.8) is 0 Å². The van der Waals surface area contributed by atoms with E-state index in [1.807, 2.05) is 24.3 Å². The SMILES string of the molecule is O=S1(=O)CCN(Cc2noc3ccccc23)CC1. The summed E-state index contributed by atoms with van der Waals surface area (Å²) in [4.78, 5) is 2.10. The van der Waals surface area contributed by atoms with Gasteiger partial charge in [0.1, 0.15) is 5.69 Å². The Hall–Kier alpha value is -1.40. The zero-order chi connectivity index (χ0) is 12.6. The van der Waals surface area contributed by atoms with Crippen LogP contribution in [-0.4, -0.2) is 43.1 Å². The molecule has 96 valence electrons. The Kier molecular flexibility index (Phi) is 2.83. The van der Waals surface area contributed by atoms with Crippen molar-refractivity contribution < 1.29 is 12.9 Å². The summed E-state index contributed by atoms with van der Waals surface area (Å²) in [7, 11) is -2.82. The van der Waals surface area contributed by atoms with E-state index in [0.29, 0.717) is 19.6 Å². The Morgan fingerprint density at radius 2 is 1.94 bits per heavy atom. The van der Waals surface area contributed by atoms with E-state index in [1.54, 1.807) is 0 Å². The lowest BCUT2D eigenvalue weighted by molar-refractivity contribution is 0.278. The molecule has 0 saturated carbocycles. The first kappa shape index (κ1) is 11.7. The average Bonchev–Trinajstić information content (AvgIpc) is 2.76. The first-order valence-electron chi connectivity index (χ1n) is 5.90. The Morgan fingerprint density at radius 1 is 1.22 bits per heavy atom. The van der Waals surface area contributed by atoms with Crippen LogP contribution in [0.25, 0.3) is 11.0 Å². The summed E-state index contributed by atoms with van der Waals surface area (Å²) in [6.07, 6.45) is 0. The van der Waals surface area contributed by atoms with Gasteiger partial charge in [0.2, 0.25) is 0 Å². The lowest BCUT2D eigenvalue weighted by Gasteiger charge is -2.25. The van der Waals surface area contributed by atoms with Crippen LogP contribution in [0.3, 0.4) is 0 Å². The first-order valence-corrected chi connectivity index (χ1v) is 7.72. The van der Waals surface area contributed by atoms with Gasteiger partial charge in [0.05, 0.1) is 11.5 Å². The molecule has 1 aliphatic heterocycles. The molecule has 0 radical (unpaired) electrons. The van der Waals surface area contributed by atoms with E-state index in [4.69, 9.17) is 4.52 Å². The Labute approximate surface area is 105 Å². The van der Waals surface area contributed by atoms with Crippen LogP contribution < -0.4 is 0 Å². The van der Waals surface area contributed by atoms with Gasteiger partial charge < -0.3 is 4.52 Å². The quantitative estimate of drug-likeness (QED) is 0.813. The molecule has 1 fully saturated rings. The van der Waals surface area contributed by atoms with E-state index in [1.165, 1.54) is 0 Å². The van der Waals surface area contributed by atoms with Gasteiger partial charge in [-0.05, 0) is 12.1 Å². The van der Waals surface area contributed by atoms with E-state index in [-0.39, 0.29) is 11.5 Å². The molecular weight excluding hydrogens is 252 g/mol. The molecule has 18 heavy (non-hydrogen) atoms. The average molecular weight is 266 g/mol. The van der Waals surface area contributed by atoms with Crippen molar-refractivity contribution in [3.05, 3.63) is 30.0 Å².